The molecule has 0 spiro atoms. The zero-order chi connectivity index (χ0) is 18.8. The van der Waals surface area contributed by atoms with E-state index in [1.165, 1.54) is 0 Å². The highest BCUT2D eigenvalue weighted by Crippen LogP contribution is 2.27. The molecule has 0 aliphatic carbocycles. The van der Waals surface area contributed by atoms with Crippen molar-refractivity contribution in [1.29, 1.82) is 0 Å². The molecule has 2 heterocycles. The standard InChI is InChI=1S/C21H17ClN2O2S/c1-13-10-17(11-14(2)19(13)22)25-12-15-5-7-16(8-6-15)21-23-20(24-26-21)18-4-3-9-27-18/h3-11H,12H2,1-2H3. The lowest BCUT2D eigenvalue weighted by Crippen LogP contribution is -1.96. The fraction of sp³-hybridized carbons (Fsp3) is 0.143. The first-order valence-corrected chi connectivity index (χ1v) is 9.72. The van der Waals surface area contributed by atoms with Crippen molar-refractivity contribution < 1.29 is 9.26 Å². The Morgan fingerprint density at radius 1 is 1.07 bits per heavy atom. The number of nitrogens with zero attached hydrogens (tertiary/aromatic N) is 2. The number of ether oxygens (including phenoxy) is 1. The molecule has 0 unspecified atom stereocenters. The molecule has 0 saturated heterocycles. The van der Waals surface area contributed by atoms with Gasteiger partial charge in [0.1, 0.15) is 12.4 Å². The summed E-state index contributed by atoms with van der Waals surface area (Å²) in [5.41, 5.74) is 3.97. The minimum atomic E-state index is 0.477. The molecule has 0 N–H and O–H groups in total. The molecule has 0 atom stereocenters. The van der Waals surface area contributed by atoms with Gasteiger partial charge in [-0.2, -0.15) is 4.98 Å². The Bertz CT molecular complexity index is 1030. The fourth-order valence-electron chi connectivity index (χ4n) is 2.75. The van der Waals surface area contributed by atoms with Gasteiger partial charge in [0.15, 0.2) is 0 Å². The first-order chi connectivity index (χ1) is 13.1. The van der Waals surface area contributed by atoms with E-state index >= 15 is 0 Å². The Morgan fingerprint density at radius 2 is 1.81 bits per heavy atom. The van der Waals surface area contributed by atoms with E-state index in [1.54, 1.807) is 11.3 Å². The van der Waals surface area contributed by atoms with Crippen LogP contribution in [0.3, 0.4) is 0 Å². The zero-order valence-electron chi connectivity index (χ0n) is 14.9. The van der Waals surface area contributed by atoms with Gasteiger partial charge < -0.3 is 9.26 Å². The van der Waals surface area contributed by atoms with Crippen LogP contribution in [0.4, 0.5) is 0 Å². The molecular formula is C21H17ClN2O2S. The van der Waals surface area contributed by atoms with E-state index in [1.807, 2.05) is 67.8 Å². The van der Waals surface area contributed by atoms with E-state index in [-0.39, 0.29) is 0 Å². The Balaban J connectivity index is 1.45. The number of hydrogen-bond donors (Lipinski definition) is 0. The topological polar surface area (TPSA) is 48.2 Å². The van der Waals surface area contributed by atoms with Gasteiger partial charge in [-0.05, 0) is 66.2 Å². The maximum Gasteiger partial charge on any atom is 0.258 e. The van der Waals surface area contributed by atoms with Crippen molar-refractivity contribution in [2.24, 2.45) is 0 Å². The SMILES string of the molecule is Cc1cc(OCc2ccc(-c3nc(-c4cccs4)no3)cc2)cc(C)c1Cl. The Hall–Kier alpha value is -2.63. The highest BCUT2D eigenvalue weighted by Gasteiger charge is 2.11. The van der Waals surface area contributed by atoms with Crippen molar-refractivity contribution >= 4 is 22.9 Å². The van der Waals surface area contributed by atoms with Gasteiger partial charge in [-0.1, -0.05) is 35.0 Å². The van der Waals surface area contributed by atoms with Crippen molar-refractivity contribution in [3.05, 3.63) is 75.6 Å². The van der Waals surface area contributed by atoms with Crippen LogP contribution >= 0.6 is 22.9 Å². The minimum absolute atomic E-state index is 0.477. The van der Waals surface area contributed by atoms with E-state index in [2.05, 4.69) is 10.1 Å². The molecule has 136 valence electrons. The first kappa shape index (κ1) is 17.8. The summed E-state index contributed by atoms with van der Waals surface area (Å²) in [6.07, 6.45) is 0. The van der Waals surface area contributed by atoms with Crippen LogP contribution in [0.2, 0.25) is 5.02 Å². The average Bonchev–Trinajstić information content (AvgIpc) is 3.36. The summed E-state index contributed by atoms with van der Waals surface area (Å²) in [6.45, 7) is 4.43. The van der Waals surface area contributed by atoms with E-state index in [4.69, 9.17) is 20.9 Å². The number of thiophene rings is 1. The van der Waals surface area contributed by atoms with Crippen LogP contribution in [0.5, 0.6) is 5.75 Å². The molecule has 0 saturated carbocycles. The summed E-state index contributed by atoms with van der Waals surface area (Å²) in [6, 6.07) is 15.8. The monoisotopic (exact) mass is 396 g/mol. The van der Waals surface area contributed by atoms with Gasteiger partial charge in [0.25, 0.3) is 5.89 Å². The Morgan fingerprint density at radius 3 is 2.48 bits per heavy atom. The molecule has 2 aromatic carbocycles. The quantitative estimate of drug-likeness (QED) is 0.396. The van der Waals surface area contributed by atoms with Crippen molar-refractivity contribution in [2.45, 2.75) is 20.5 Å². The maximum absolute atomic E-state index is 6.20. The van der Waals surface area contributed by atoms with Gasteiger partial charge in [0, 0.05) is 10.6 Å². The summed E-state index contributed by atoms with van der Waals surface area (Å²) in [4.78, 5) is 5.45. The third kappa shape index (κ3) is 3.89. The lowest BCUT2D eigenvalue weighted by molar-refractivity contribution is 0.306. The highest BCUT2D eigenvalue weighted by atomic mass is 35.5. The number of hydrogen-bond acceptors (Lipinski definition) is 5. The second kappa shape index (κ2) is 7.55. The van der Waals surface area contributed by atoms with Crippen molar-refractivity contribution in [2.75, 3.05) is 0 Å². The molecule has 0 fully saturated rings. The molecule has 4 aromatic rings. The number of aromatic nitrogens is 2. The summed E-state index contributed by atoms with van der Waals surface area (Å²) >= 11 is 7.79. The molecule has 0 aliphatic heterocycles. The first-order valence-electron chi connectivity index (χ1n) is 8.46. The van der Waals surface area contributed by atoms with Gasteiger partial charge in [-0.25, -0.2) is 0 Å². The molecule has 0 amide bonds. The third-order valence-corrected chi connectivity index (χ3v) is 5.65. The molecule has 0 radical (unpaired) electrons. The predicted molar refractivity (Wildman–Crippen MR) is 108 cm³/mol. The number of benzene rings is 2. The summed E-state index contributed by atoms with van der Waals surface area (Å²) < 4.78 is 11.3. The van der Waals surface area contributed by atoms with E-state index in [0.29, 0.717) is 18.3 Å². The molecule has 0 bridgehead atoms. The van der Waals surface area contributed by atoms with Crippen LogP contribution in [-0.4, -0.2) is 10.1 Å². The van der Waals surface area contributed by atoms with E-state index < -0.39 is 0 Å². The molecular weight excluding hydrogens is 380 g/mol. The summed E-state index contributed by atoms with van der Waals surface area (Å²) in [7, 11) is 0. The van der Waals surface area contributed by atoms with Crippen molar-refractivity contribution in [3.8, 4) is 27.9 Å². The summed E-state index contributed by atoms with van der Waals surface area (Å²) in [5, 5.41) is 6.82. The van der Waals surface area contributed by atoms with Gasteiger partial charge in [0.05, 0.1) is 4.88 Å². The average molecular weight is 397 g/mol. The lowest BCUT2D eigenvalue weighted by atomic mass is 10.1. The van der Waals surface area contributed by atoms with Crippen LogP contribution in [0.25, 0.3) is 22.2 Å². The summed E-state index contributed by atoms with van der Waals surface area (Å²) in [5.74, 6) is 1.94. The molecule has 2 aromatic heterocycles. The zero-order valence-corrected chi connectivity index (χ0v) is 16.5. The van der Waals surface area contributed by atoms with E-state index in [9.17, 15) is 0 Å². The van der Waals surface area contributed by atoms with Gasteiger partial charge >= 0.3 is 0 Å². The molecule has 6 heteroatoms. The van der Waals surface area contributed by atoms with Crippen LogP contribution < -0.4 is 4.74 Å². The highest BCUT2D eigenvalue weighted by molar-refractivity contribution is 7.13. The molecule has 4 nitrogen and oxygen atoms in total. The third-order valence-electron chi connectivity index (χ3n) is 4.18. The fourth-order valence-corrected chi connectivity index (χ4v) is 3.50. The minimum Gasteiger partial charge on any atom is -0.489 e. The van der Waals surface area contributed by atoms with Crippen molar-refractivity contribution in [3.63, 3.8) is 0 Å². The molecule has 27 heavy (non-hydrogen) atoms. The Labute approximate surface area is 166 Å². The van der Waals surface area contributed by atoms with Crippen LogP contribution in [0, 0.1) is 13.8 Å². The van der Waals surface area contributed by atoms with Crippen molar-refractivity contribution in [1.82, 2.24) is 10.1 Å². The van der Waals surface area contributed by atoms with Gasteiger partial charge in [-0.3, -0.25) is 0 Å². The lowest BCUT2D eigenvalue weighted by Gasteiger charge is -2.10. The van der Waals surface area contributed by atoms with Gasteiger partial charge in [-0.15, -0.1) is 11.3 Å². The van der Waals surface area contributed by atoms with Crippen LogP contribution in [-0.2, 0) is 6.61 Å². The number of halogens is 1. The molecule has 4 rings (SSSR count). The number of rotatable bonds is 5. The van der Waals surface area contributed by atoms with Gasteiger partial charge in [0.2, 0.25) is 5.82 Å². The Kier molecular flexibility index (Phi) is 4.97. The normalized spacial score (nSPS) is 10.9. The smallest absolute Gasteiger partial charge is 0.258 e. The second-order valence-electron chi connectivity index (χ2n) is 6.26. The number of aryl methyl sites for hydroxylation is 2. The predicted octanol–water partition coefficient (Wildman–Crippen LogP) is 6.31. The van der Waals surface area contributed by atoms with Crippen LogP contribution in [0.1, 0.15) is 16.7 Å². The maximum atomic E-state index is 6.20. The molecule has 0 aliphatic rings. The van der Waals surface area contributed by atoms with E-state index in [0.717, 1.165) is 37.9 Å². The largest absolute Gasteiger partial charge is 0.489 e. The van der Waals surface area contributed by atoms with Crippen LogP contribution in [0.15, 0.2) is 58.4 Å². The second-order valence-corrected chi connectivity index (χ2v) is 7.58.